The fourth-order valence-corrected chi connectivity index (χ4v) is 5.19. The third-order valence-corrected chi connectivity index (χ3v) is 7.20. The van der Waals surface area contributed by atoms with Gasteiger partial charge < -0.3 is 13.9 Å². The van der Waals surface area contributed by atoms with Gasteiger partial charge in [0.15, 0.2) is 5.43 Å². The third-order valence-electron chi connectivity index (χ3n) is 6.90. The number of unbranched alkanes of at least 4 members (excludes halogenated alkanes) is 3. The second-order valence-electron chi connectivity index (χ2n) is 9.55. The largest absolute Gasteiger partial charge is 0.495 e. The number of benzene rings is 3. The normalized spacial score (nSPS) is 14.7. The first-order chi connectivity index (χ1) is 18.4. The Morgan fingerprint density at radius 2 is 1.76 bits per heavy atom. The minimum absolute atomic E-state index is 0.0412. The molecular weight excluding hydrogens is 502 g/mol. The van der Waals surface area contributed by atoms with E-state index in [1.807, 2.05) is 37.3 Å². The number of methoxy groups -OCH3 is 1. The van der Waals surface area contributed by atoms with Crippen molar-refractivity contribution in [2.45, 2.75) is 45.6 Å². The Morgan fingerprint density at radius 1 is 0.974 bits per heavy atom. The van der Waals surface area contributed by atoms with E-state index in [1.54, 1.807) is 35.2 Å². The standard InChI is InChI=1S/C31H30ClNO5/c1-4-5-6-7-16-37-22-12-9-20(10-13-22)28-27-29(34)23-17-19(2)8-14-25(23)38-30(27)31(35)33(28)21-11-15-26(36-3)24(32)18-21/h8-15,17-18,28H,4-7,16H2,1-3H3. The smallest absolute Gasteiger partial charge is 0.295 e. The van der Waals surface area contributed by atoms with Crippen LogP contribution in [0.15, 0.2) is 69.9 Å². The molecule has 0 saturated carbocycles. The van der Waals surface area contributed by atoms with E-state index in [9.17, 15) is 9.59 Å². The van der Waals surface area contributed by atoms with E-state index in [1.165, 1.54) is 20.0 Å². The average molecular weight is 532 g/mol. The number of rotatable bonds is 9. The summed E-state index contributed by atoms with van der Waals surface area (Å²) in [7, 11) is 1.53. The zero-order valence-corrected chi connectivity index (χ0v) is 22.5. The van der Waals surface area contributed by atoms with E-state index in [2.05, 4.69) is 6.92 Å². The first kappa shape index (κ1) is 25.9. The second kappa shape index (κ2) is 10.9. The molecule has 0 fully saturated rings. The zero-order chi connectivity index (χ0) is 26.8. The minimum Gasteiger partial charge on any atom is -0.495 e. The van der Waals surface area contributed by atoms with Crippen molar-refractivity contribution in [3.05, 3.63) is 98.4 Å². The Morgan fingerprint density at radius 3 is 2.47 bits per heavy atom. The van der Waals surface area contributed by atoms with E-state index in [4.69, 9.17) is 25.5 Å². The molecule has 0 N–H and O–H groups in total. The first-order valence-electron chi connectivity index (χ1n) is 12.9. The number of hydrogen-bond donors (Lipinski definition) is 0. The maximum absolute atomic E-state index is 13.8. The van der Waals surface area contributed by atoms with Crippen molar-refractivity contribution in [3.63, 3.8) is 0 Å². The molecule has 0 saturated heterocycles. The molecule has 1 aliphatic rings. The predicted octanol–water partition coefficient (Wildman–Crippen LogP) is 7.47. The van der Waals surface area contributed by atoms with E-state index in [0.717, 1.165) is 29.7 Å². The van der Waals surface area contributed by atoms with Crippen LogP contribution in [0.25, 0.3) is 11.0 Å². The highest BCUT2D eigenvalue weighted by atomic mass is 35.5. The van der Waals surface area contributed by atoms with Crippen LogP contribution in [0.2, 0.25) is 5.02 Å². The van der Waals surface area contributed by atoms with Gasteiger partial charge >= 0.3 is 0 Å². The molecule has 7 heteroatoms. The van der Waals surface area contributed by atoms with Gasteiger partial charge in [-0.3, -0.25) is 14.5 Å². The molecule has 3 aromatic carbocycles. The molecule has 0 spiro atoms. The summed E-state index contributed by atoms with van der Waals surface area (Å²) in [6.07, 6.45) is 4.51. The van der Waals surface area contributed by atoms with Crippen molar-refractivity contribution >= 4 is 34.2 Å². The van der Waals surface area contributed by atoms with Crippen LogP contribution in [-0.2, 0) is 0 Å². The van der Waals surface area contributed by atoms with Crippen LogP contribution in [-0.4, -0.2) is 19.6 Å². The fraction of sp³-hybridized carbons (Fsp3) is 0.290. The summed E-state index contributed by atoms with van der Waals surface area (Å²) in [5.41, 5.74) is 2.71. The number of nitrogens with zero attached hydrogens (tertiary/aromatic N) is 1. The lowest BCUT2D eigenvalue weighted by molar-refractivity contribution is 0.0971. The summed E-state index contributed by atoms with van der Waals surface area (Å²) < 4.78 is 17.3. The molecular formula is C31H30ClNO5. The first-order valence-corrected chi connectivity index (χ1v) is 13.3. The molecule has 4 aromatic rings. The Balaban J connectivity index is 1.59. The van der Waals surface area contributed by atoms with Gasteiger partial charge in [-0.25, -0.2) is 0 Å². The number of amides is 1. The van der Waals surface area contributed by atoms with Crippen molar-refractivity contribution in [2.24, 2.45) is 0 Å². The molecule has 5 rings (SSSR count). The SMILES string of the molecule is CCCCCCOc1ccc(C2c3c(oc4ccc(C)cc4c3=O)C(=O)N2c2ccc(OC)c(Cl)c2)cc1. The molecule has 1 atom stereocenters. The Labute approximate surface area is 226 Å². The molecule has 1 amide bonds. The highest BCUT2D eigenvalue weighted by molar-refractivity contribution is 6.32. The molecule has 38 heavy (non-hydrogen) atoms. The lowest BCUT2D eigenvalue weighted by Gasteiger charge is -2.26. The molecule has 1 unspecified atom stereocenters. The predicted molar refractivity (Wildman–Crippen MR) is 150 cm³/mol. The minimum atomic E-state index is -0.693. The van der Waals surface area contributed by atoms with E-state index >= 15 is 0 Å². The van der Waals surface area contributed by atoms with Gasteiger partial charge in [0.25, 0.3) is 5.91 Å². The number of carbonyl (C=O) groups is 1. The van der Waals surface area contributed by atoms with Crippen LogP contribution in [0.5, 0.6) is 11.5 Å². The van der Waals surface area contributed by atoms with E-state index < -0.39 is 11.9 Å². The number of anilines is 1. The summed E-state index contributed by atoms with van der Waals surface area (Å²) >= 11 is 6.43. The number of hydrogen-bond acceptors (Lipinski definition) is 5. The van der Waals surface area contributed by atoms with Crippen molar-refractivity contribution in [1.29, 1.82) is 0 Å². The Hall–Kier alpha value is -3.77. The molecule has 6 nitrogen and oxygen atoms in total. The van der Waals surface area contributed by atoms with Crippen molar-refractivity contribution in [2.75, 3.05) is 18.6 Å². The van der Waals surface area contributed by atoms with Gasteiger partial charge in [-0.2, -0.15) is 0 Å². The number of halogens is 1. The number of ether oxygens (including phenoxy) is 2. The summed E-state index contributed by atoms with van der Waals surface area (Å²) in [5, 5.41) is 0.808. The zero-order valence-electron chi connectivity index (χ0n) is 21.8. The molecule has 0 aliphatic carbocycles. The van der Waals surface area contributed by atoms with Crippen LogP contribution in [0.1, 0.15) is 65.9 Å². The van der Waals surface area contributed by atoms with Gasteiger partial charge in [0.1, 0.15) is 17.1 Å². The second-order valence-corrected chi connectivity index (χ2v) is 9.96. The molecule has 1 aliphatic heterocycles. The third kappa shape index (κ3) is 4.76. The lowest BCUT2D eigenvalue weighted by Crippen LogP contribution is -2.29. The molecule has 0 bridgehead atoms. The summed E-state index contributed by atoms with van der Waals surface area (Å²) in [6.45, 7) is 4.75. The average Bonchev–Trinajstić information content (AvgIpc) is 3.21. The van der Waals surface area contributed by atoms with Crippen molar-refractivity contribution in [1.82, 2.24) is 0 Å². The van der Waals surface area contributed by atoms with Crippen molar-refractivity contribution in [3.8, 4) is 11.5 Å². The fourth-order valence-electron chi connectivity index (χ4n) is 4.94. The lowest BCUT2D eigenvalue weighted by atomic mass is 9.97. The van der Waals surface area contributed by atoms with Gasteiger partial charge in [-0.1, -0.05) is 61.5 Å². The van der Waals surface area contributed by atoms with Crippen LogP contribution >= 0.6 is 11.6 Å². The number of fused-ring (bicyclic) bond motifs is 2. The maximum Gasteiger partial charge on any atom is 0.295 e. The van der Waals surface area contributed by atoms with Gasteiger partial charge in [0, 0.05) is 5.69 Å². The van der Waals surface area contributed by atoms with Crippen LogP contribution in [0.3, 0.4) is 0 Å². The topological polar surface area (TPSA) is 69.0 Å². The highest BCUT2D eigenvalue weighted by Gasteiger charge is 2.43. The molecule has 2 heterocycles. The van der Waals surface area contributed by atoms with Crippen LogP contribution in [0, 0.1) is 6.92 Å². The Bertz CT molecular complexity index is 1540. The van der Waals surface area contributed by atoms with Gasteiger partial charge in [0.05, 0.1) is 35.7 Å². The van der Waals surface area contributed by atoms with Crippen LogP contribution in [0.4, 0.5) is 5.69 Å². The maximum atomic E-state index is 13.8. The number of aryl methyl sites for hydroxylation is 1. The molecule has 196 valence electrons. The monoisotopic (exact) mass is 531 g/mol. The Kier molecular flexibility index (Phi) is 7.43. The highest BCUT2D eigenvalue weighted by Crippen LogP contribution is 2.43. The summed E-state index contributed by atoms with van der Waals surface area (Å²) in [6, 6.07) is 17.4. The van der Waals surface area contributed by atoms with Crippen LogP contribution < -0.4 is 19.8 Å². The number of carbonyl (C=O) groups excluding carboxylic acids is 1. The van der Waals surface area contributed by atoms with E-state index in [0.29, 0.717) is 39.6 Å². The van der Waals surface area contributed by atoms with Crippen molar-refractivity contribution < 1.29 is 18.7 Å². The molecule has 1 aromatic heterocycles. The van der Waals surface area contributed by atoms with E-state index in [-0.39, 0.29) is 11.2 Å². The summed E-state index contributed by atoms with van der Waals surface area (Å²) in [4.78, 5) is 29.2. The summed E-state index contributed by atoms with van der Waals surface area (Å²) in [5.74, 6) is 0.878. The van der Waals surface area contributed by atoms with Gasteiger partial charge in [0.2, 0.25) is 5.76 Å². The van der Waals surface area contributed by atoms with Gasteiger partial charge in [-0.15, -0.1) is 0 Å². The quantitative estimate of drug-likeness (QED) is 0.209. The van der Waals surface area contributed by atoms with Gasteiger partial charge in [-0.05, 0) is 61.4 Å². The molecule has 0 radical (unpaired) electrons.